The number of hydrogen-bond acceptors (Lipinski definition) is 2. The zero-order valence-electron chi connectivity index (χ0n) is 11.2. The standard InChI is InChI=1S/C15H22FNO/c1-10-5-3-6-12(9-10)18-15-13(11(2)17)7-4-8-14(15)16/h4,7-8,10-12H,3,5-6,9,17H2,1-2H3/t10?,11-,12?/m1/s1. The van der Waals surface area contributed by atoms with Crippen molar-refractivity contribution in [1.29, 1.82) is 0 Å². The number of rotatable bonds is 3. The zero-order chi connectivity index (χ0) is 13.1. The third-order valence-electron chi connectivity index (χ3n) is 3.66. The van der Waals surface area contributed by atoms with Crippen molar-refractivity contribution in [2.75, 3.05) is 0 Å². The SMILES string of the molecule is CC1CCCC(Oc2c(F)cccc2[C@@H](C)N)C1. The first-order valence-corrected chi connectivity index (χ1v) is 6.78. The van der Waals surface area contributed by atoms with Crippen molar-refractivity contribution in [2.45, 2.75) is 51.7 Å². The van der Waals surface area contributed by atoms with Crippen LogP contribution in [0.25, 0.3) is 0 Å². The van der Waals surface area contributed by atoms with Crippen LogP contribution in [0.2, 0.25) is 0 Å². The van der Waals surface area contributed by atoms with Gasteiger partial charge in [-0.15, -0.1) is 0 Å². The third kappa shape index (κ3) is 3.02. The highest BCUT2D eigenvalue weighted by Crippen LogP contribution is 2.32. The fraction of sp³-hybridized carbons (Fsp3) is 0.600. The second-order valence-electron chi connectivity index (χ2n) is 5.46. The van der Waals surface area contributed by atoms with Gasteiger partial charge in [0.15, 0.2) is 11.6 Å². The van der Waals surface area contributed by atoms with E-state index in [1.807, 2.05) is 13.0 Å². The van der Waals surface area contributed by atoms with E-state index in [9.17, 15) is 4.39 Å². The van der Waals surface area contributed by atoms with Crippen molar-refractivity contribution < 1.29 is 9.13 Å². The van der Waals surface area contributed by atoms with E-state index >= 15 is 0 Å². The van der Waals surface area contributed by atoms with Crippen LogP contribution in [0, 0.1) is 11.7 Å². The molecule has 0 saturated heterocycles. The predicted molar refractivity (Wildman–Crippen MR) is 71.1 cm³/mol. The number of halogens is 1. The summed E-state index contributed by atoms with van der Waals surface area (Å²) in [6.45, 7) is 4.08. The van der Waals surface area contributed by atoms with Crippen molar-refractivity contribution in [1.82, 2.24) is 0 Å². The van der Waals surface area contributed by atoms with Gasteiger partial charge in [-0.1, -0.05) is 25.5 Å². The van der Waals surface area contributed by atoms with Crippen LogP contribution >= 0.6 is 0 Å². The average Bonchev–Trinajstić information content (AvgIpc) is 2.31. The van der Waals surface area contributed by atoms with Gasteiger partial charge < -0.3 is 10.5 Å². The van der Waals surface area contributed by atoms with Crippen LogP contribution in [0.15, 0.2) is 18.2 Å². The Labute approximate surface area is 108 Å². The Morgan fingerprint density at radius 1 is 1.39 bits per heavy atom. The van der Waals surface area contributed by atoms with Gasteiger partial charge in [0.2, 0.25) is 0 Å². The molecule has 1 aromatic carbocycles. The lowest BCUT2D eigenvalue weighted by Crippen LogP contribution is -2.25. The smallest absolute Gasteiger partial charge is 0.165 e. The van der Waals surface area contributed by atoms with Crippen LogP contribution in [-0.4, -0.2) is 6.10 Å². The summed E-state index contributed by atoms with van der Waals surface area (Å²) < 4.78 is 19.8. The van der Waals surface area contributed by atoms with E-state index in [1.54, 1.807) is 6.07 Å². The zero-order valence-corrected chi connectivity index (χ0v) is 11.2. The number of benzene rings is 1. The summed E-state index contributed by atoms with van der Waals surface area (Å²) in [5.41, 5.74) is 6.63. The topological polar surface area (TPSA) is 35.2 Å². The van der Waals surface area contributed by atoms with Crippen LogP contribution < -0.4 is 10.5 Å². The maximum Gasteiger partial charge on any atom is 0.165 e. The molecule has 2 N–H and O–H groups in total. The molecule has 0 radical (unpaired) electrons. The van der Waals surface area contributed by atoms with Gasteiger partial charge >= 0.3 is 0 Å². The lowest BCUT2D eigenvalue weighted by Gasteiger charge is -2.28. The van der Waals surface area contributed by atoms with Gasteiger partial charge in [0, 0.05) is 11.6 Å². The fourth-order valence-corrected chi connectivity index (χ4v) is 2.66. The van der Waals surface area contributed by atoms with Gasteiger partial charge in [-0.05, 0) is 38.2 Å². The molecule has 0 amide bonds. The first-order chi connectivity index (χ1) is 8.58. The minimum absolute atomic E-state index is 0.128. The number of nitrogens with two attached hydrogens (primary N) is 1. The third-order valence-corrected chi connectivity index (χ3v) is 3.66. The highest BCUT2D eigenvalue weighted by atomic mass is 19.1. The Kier molecular flexibility index (Phi) is 4.23. The van der Waals surface area contributed by atoms with Gasteiger partial charge in [-0.3, -0.25) is 0 Å². The summed E-state index contributed by atoms with van der Waals surface area (Å²) in [6, 6.07) is 4.75. The molecular weight excluding hydrogens is 229 g/mol. The van der Waals surface area contributed by atoms with Crippen molar-refractivity contribution in [3.8, 4) is 5.75 Å². The molecule has 1 saturated carbocycles. The Bertz CT molecular complexity index is 405. The van der Waals surface area contributed by atoms with Crippen LogP contribution in [0.5, 0.6) is 5.75 Å². The van der Waals surface area contributed by atoms with Crippen molar-refractivity contribution in [2.24, 2.45) is 11.7 Å². The Balaban J connectivity index is 2.17. The van der Waals surface area contributed by atoms with E-state index < -0.39 is 0 Å². The molecule has 1 aromatic rings. The molecule has 1 aliphatic carbocycles. The summed E-state index contributed by atoms with van der Waals surface area (Å²) in [5, 5.41) is 0. The van der Waals surface area contributed by atoms with Gasteiger partial charge in [0.05, 0.1) is 6.10 Å². The molecule has 0 spiro atoms. The molecule has 2 rings (SSSR count). The van der Waals surface area contributed by atoms with E-state index in [-0.39, 0.29) is 18.0 Å². The second kappa shape index (κ2) is 5.70. The van der Waals surface area contributed by atoms with E-state index in [4.69, 9.17) is 10.5 Å². The molecule has 1 aliphatic rings. The molecule has 0 aromatic heterocycles. The summed E-state index contributed by atoms with van der Waals surface area (Å²) in [4.78, 5) is 0. The molecular formula is C15H22FNO. The monoisotopic (exact) mass is 251 g/mol. The fourth-order valence-electron chi connectivity index (χ4n) is 2.66. The summed E-state index contributed by atoms with van der Waals surface area (Å²) in [7, 11) is 0. The van der Waals surface area contributed by atoms with Gasteiger partial charge in [0.25, 0.3) is 0 Å². The lowest BCUT2D eigenvalue weighted by molar-refractivity contribution is 0.122. The number of para-hydroxylation sites is 1. The Morgan fingerprint density at radius 3 is 2.83 bits per heavy atom. The molecule has 0 heterocycles. The molecule has 18 heavy (non-hydrogen) atoms. The minimum atomic E-state index is -0.303. The normalized spacial score (nSPS) is 25.8. The molecule has 1 fully saturated rings. The minimum Gasteiger partial charge on any atom is -0.487 e. The van der Waals surface area contributed by atoms with Crippen LogP contribution in [0.1, 0.15) is 51.1 Å². The highest BCUT2D eigenvalue weighted by molar-refractivity contribution is 5.37. The predicted octanol–water partition coefficient (Wildman–Crippen LogP) is 3.80. The molecule has 100 valence electrons. The first-order valence-electron chi connectivity index (χ1n) is 6.78. The van der Waals surface area contributed by atoms with E-state index in [0.717, 1.165) is 24.8 Å². The second-order valence-corrected chi connectivity index (χ2v) is 5.46. The van der Waals surface area contributed by atoms with Gasteiger partial charge in [-0.2, -0.15) is 0 Å². The molecule has 0 aliphatic heterocycles. The van der Waals surface area contributed by atoms with Gasteiger partial charge in [-0.25, -0.2) is 4.39 Å². The van der Waals surface area contributed by atoms with Crippen molar-refractivity contribution >= 4 is 0 Å². The summed E-state index contributed by atoms with van der Waals surface area (Å²) >= 11 is 0. The highest BCUT2D eigenvalue weighted by Gasteiger charge is 2.23. The molecule has 0 bridgehead atoms. The molecule has 2 unspecified atom stereocenters. The number of ether oxygens (including phenoxy) is 1. The lowest BCUT2D eigenvalue weighted by atomic mass is 9.88. The maximum absolute atomic E-state index is 13.9. The van der Waals surface area contributed by atoms with Crippen LogP contribution in [-0.2, 0) is 0 Å². The van der Waals surface area contributed by atoms with E-state index in [0.29, 0.717) is 11.7 Å². The quantitative estimate of drug-likeness (QED) is 0.886. The first kappa shape index (κ1) is 13.3. The Hall–Kier alpha value is -1.09. The Morgan fingerprint density at radius 2 is 2.17 bits per heavy atom. The molecule has 3 heteroatoms. The average molecular weight is 251 g/mol. The van der Waals surface area contributed by atoms with E-state index in [2.05, 4.69) is 6.92 Å². The summed E-state index contributed by atoms with van der Waals surface area (Å²) in [5.74, 6) is 0.712. The summed E-state index contributed by atoms with van der Waals surface area (Å²) in [6.07, 6.45) is 4.55. The van der Waals surface area contributed by atoms with Crippen molar-refractivity contribution in [3.05, 3.63) is 29.6 Å². The maximum atomic E-state index is 13.9. The van der Waals surface area contributed by atoms with Gasteiger partial charge in [0.1, 0.15) is 0 Å². The van der Waals surface area contributed by atoms with E-state index in [1.165, 1.54) is 12.5 Å². The van der Waals surface area contributed by atoms with Crippen LogP contribution in [0.4, 0.5) is 4.39 Å². The largest absolute Gasteiger partial charge is 0.487 e. The van der Waals surface area contributed by atoms with Crippen molar-refractivity contribution in [3.63, 3.8) is 0 Å². The van der Waals surface area contributed by atoms with Crippen LogP contribution in [0.3, 0.4) is 0 Å². The number of hydrogen-bond donors (Lipinski definition) is 1. The molecule has 2 nitrogen and oxygen atoms in total. The molecule has 3 atom stereocenters.